The van der Waals surface area contributed by atoms with Crippen LogP contribution in [0.1, 0.15) is 28.4 Å². The van der Waals surface area contributed by atoms with Crippen LogP contribution in [0.3, 0.4) is 0 Å². The van der Waals surface area contributed by atoms with E-state index in [9.17, 15) is 9.18 Å². The number of benzene rings is 2. The van der Waals surface area contributed by atoms with Crippen molar-refractivity contribution in [1.29, 1.82) is 0 Å². The third-order valence-electron chi connectivity index (χ3n) is 4.42. The van der Waals surface area contributed by atoms with E-state index in [0.29, 0.717) is 18.8 Å². The SMILES string of the molecule is NC(=O)c1ccc(OCCCN2CCO[C@H](c3ccc(F)cc3)C2)cc1. The molecule has 1 aliphatic rings. The lowest BCUT2D eigenvalue weighted by Gasteiger charge is -2.33. The average Bonchev–Trinajstić information content (AvgIpc) is 2.66. The Balaban J connectivity index is 1.41. The Bertz CT molecular complexity index is 719. The Kier molecular flexibility index (Phi) is 6.20. The third kappa shape index (κ3) is 5.03. The topological polar surface area (TPSA) is 64.8 Å². The second kappa shape index (κ2) is 8.78. The number of hydrogen-bond acceptors (Lipinski definition) is 4. The first-order valence-electron chi connectivity index (χ1n) is 8.74. The Hall–Kier alpha value is -2.44. The molecule has 0 radical (unpaired) electrons. The fraction of sp³-hybridized carbons (Fsp3) is 0.350. The number of halogens is 1. The lowest BCUT2D eigenvalue weighted by molar-refractivity contribution is -0.0310. The van der Waals surface area contributed by atoms with E-state index >= 15 is 0 Å². The maximum atomic E-state index is 13.0. The van der Waals surface area contributed by atoms with E-state index in [1.54, 1.807) is 36.4 Å². The number of carbonyl (C=O) groups is 1. The average molecular weight is 358 g/mol. The first-order valence-corrected chi connectivity index (χ1v) is 8.74. The summed E-state index contributed by atoms with van der Waals surface area (Å²) in [5.41, 5.74) is 6.69. The predicted molar refractivity (Wildman–Crippen MR) is 96.6 cm³/mol. The standard InChI is InChI=1S/C20H23FN2O3/c21-17-6-2-15(3-7-17)19-14-23(11-13-26-19)10-1-12-25-18-8-4-16(5-9-18)20(22)24/h2-9,19H,1,10-14H2,(H2,22,24)/t19-/m0/s1. The quantitative estimate of drug-likeness (QED) is 0.773. The fourth-order valence-electron chi connectivity index (χ4n) is 2.98. The number of rotatable bonds is 7. The second-order valence-electron chi connectivity index (χ2n) is 6.30. The molecule has 2 N–H and O–H groups in total. The zero-order valence-corrected chi connectivity index (χ0v) is 14.6. The molecule has 1 heterocycles. The molecule has 6 heteroatoms. The molecule has 138 valence electrons. The van der Waals surface area contributed by atoms with Crippen molar-refractivity contribution in [3.05, 3.63) is 65.5 Å². The van der Waals surface area contributed by atoms with E-state index < -0.39 is 5.91 Å². The fourth-order valence-corrected chi connectivity index (χ4v) is 2.98. The van der Waals surface area contributed by atoms with Gasteiger partial charge in [0.25, 0.3) is 0 Å². The summed E-state index contributed by atoms with van der Waals surface area (Å²) in [6, 6.07) is 13.3. The number of amides is 1. The summed E-state index contributed by atoms with van der Waals surface area (Å²) in [6.45, 7) is 3.83. The summed E-state index contributed by atoms with van der Waals surface area (Å²) >= 11 is 0. The third-order valence-corrected chi connectivity index (χ3v) is 4.42. The van der Waals surface area contributed by atoms with Crippen LogP contribution in [0, 0.1) is 5.82 Å². The molecule has 1 saturated heterocycles. The summed E-state index contributed by atoms with van der Waals surface area (Å²) in [5, 5.41) is 0. The minimum Gasteiger partial charge on any atom is -0.494 e. The normalized spacial score (nSPS) is 17.8. The van der Waals surface area contributed by atoms with Crippen LogP contribution in [0.5, 0.6) is 5.75 Å². The Morgan fingerprint density at radius 2 is 1.92 bits per heavy atom. The van der Waals surface area contributed by atoms with Crippen molar-refractivity contribution in [3.63, 3.8) is 0 Å². The molecule has 1 fully saturated rings. The van der Waals surface area contributed by atoms with E-state index in [4.69, 9.17) is 15.2 Å². The largest absolute Gasteiger partial charge is 0.494 e. The van der Waals surface area contributed by atoms with E-state index in [1.807, 2.05) is 0 Å². The van der Waals surface area contributed by atoms with Gasteiger partial charge in [0.15, 0.2) is 0 Å². The van der Waals surface area contributed by atoms with Crippen molar-refractivity contribution in [2.75, 3.05) is 32.8 Å². The van der Waals surface area contributed by atoms with Gasteiger partial charge in [0.2, 0.25) is 5.91 Å². The molecule has 1 amide bonds. The Morgan fingerprint density at radius 3 is 2.62 bits per heavy atom. The number of ether oxygens (including phenoxy) is 2. The summed E-state index contributed by atoms with van der Waals surface area (Å²) in [6.07, 6.45) is 0.861. The lowest BCUT2D eigenvalue weighted by atomic mass is 10.1. The molecule has 26 heavy (non-hydrogen) atoms. The maximum absolute atomic E-state index is 13.0. The zero-order valence-electron chi connectivity index (χ0n) is 14.6. The Labute approximate surface area is 152 Å². The highest BCUT2D eigenvalue weighted by molar-refractivity contribution is 5.92. The van der Waals surface area contributed by atoms with Crippen molar-refractivity contribution in [2.45, 2.75) is 12.5 Å². The van der Waals surface area contributed by atoms with Crippen LogP contribution in [0.25, 0.3) is 0 Å². The van der Waals surface area contributed by atoms with Gasteiger partial charge in [0.1, 0.15) is 11.6 Å². The van der Waals surface area contributed by atoms with Crippen LogP contribution in [0.15, 0.2) is 48.5 Å². The molecule has 0 bridgehead atoms. The highest BCUT2D eigenvalue weighted by Crippen LogP contribution is 2.22. The van der Waals surface area contributed by atoms with Gasteiger partial charge in [-0.1, -0.05) is 12.1 Å². The van der Waals surface area contributed by atoms with E-state index in [2.05, 4.69) is 4.90 Å². The monoisotopic (exact) mass is 358 g/mol. The second-order valence-corrected chi connectivity index (χ2v) is 6.30. The summed E-state index contributed by atoms with van der Waals surface area (Å²) in [4.78, 5) is 13.4. The number of morpholine rings is 1. The molecule has 3 rings (SSSR count). The highest BCUT2D eigenvalue weighted by atomic mass is 19.1. The molecule has 1 atom stereocenters. The summed E-state index contributed by atoms with van der Waals surface area (Å²) < 4.78 is 24.6. The number of carbonyl (C=O) groups excluding carboxylic acids is 1. The van der Waals surface area contributed by atoms with Gasteiger partial charge in [0, 0.05) is 25.2 Å². The van der Waals surface area contributed by atoms with Crippen molar-refractivity contribution in [2.24, 2.45) is 5.73 Å². The van der Waals surface area contributed by atoms with Crippen LogP contribution in [-0.4, -0.2) is 43.7 Å². The van der Waals surface area contributed by atoms with Crippen LogP contribution >= 0.6 is 0 Å². The van der Waals surface area contributed by atoms with Gasteiger partial charge in [0.05, 0.1) is 19.3 Å². The van der Waals surface area contributed by atoms with Gasteiger partial charge >= 0.3 is 0 Å². The van der Waals surface area contributed by atoms with Gasteiger partial charge < -0.3 is 15.2 Å². The number of hydrogen-bond donors (Lipinski definition) is 1. The van der Waals surface area contributed by atoms with Gasteiger partial charge in [-0.15, -0.1) is 0 Å². The van der Waals surface area contributed by atoms with E-state index in [-0.39, 0.29) is 11.9 Å². The van der Waals surface area contributed by atoms with Gasteiger partial charge in [-0.25, -0.2) is 4.39 Å². The lowest BCUT2D eigenvalue weighted by Crippen LogP contribution is -2.39. The van der Waals surface area contributed by atoms with Crippen molar-refractivity contribution >= 4 is 5.91 Å². The summed E-state index contributed by atoms with van der Waals surface area (Å²) in [5.74, 6) is 0.0446. The van der Waals surface area contributed by atoms with Crippen LogP contribution in [0.2, 0.25) is 0 Å². The highest BCUT2D eigenvalue weighted by Gasteiger charge is 2.21. The number of nitrogens with two attached hydrogens (primary N) is 1. The first-order chi connectivity index (χ1) is 12.6. The molecule has 0 spiro atoms. The molecule has 0 aromatic heterocycles. The maximum Gasteiger partial charge on any atom is 0.248 e. The molecule has 0 aliphatic carbocycles. The molecule has 2 aromatic carbocycles. The number of nitrogens with zero attached hydrogens (tertiary/aromatic N) is 1. The molecule has 0 saturated carbocycles. The predicted octanol–water partition coefficient (Wildman–Crippen LogP) is 2.77. The minimum absolute atomic E-state index is 0.0217. The molecule has 5 nitrogen and oxygen atoms in total. The van der Waals surface area contributed by atoms with Crippen LogP contribution in [0.4, 0.5) is 4.39 Å². The first kappa shape index (κ1) is 18.4. The summed E-state index contributed by atoms with van der Waals surface area (Å²) in [7, 11) is 0. The smallest absolute Gasteiger partial charge is 0.248 e. The zero-order chi connectivity index (χ0) is 18.4. The molecule has 1 aliphatic heterocycles. The van der Waals surface area contributed by atoms with Gasteiger partial charge in [-0.2, -0.15) is 0 Å². The van der Waals surface area contributed by atoms with Crippen molar-refractivity contribution < 1.29 is 18.7 Å². The van der Waals surface area contributed by atoms with Gasteiger partial charge in [-0.3, -0.25) is 9.69 Å². The molecule has 0 unspecified atom stereocenters. The van der Waals surface area contributed by atoms with Crippen LogP contribution < -0.4 is 10.5 Å². The molecule has 2 aromatic rings. The molecular weight excluding hydrogens is 335 g/mol. The van der Waals surface area contributed by atoms with E-state index in [1.165, 1.54) is 12.1 Å². The minimum atomic E-state index is -0.445. The van der Waals surface area contributed by atoms with E-state index in [0.717, 1.165) is 37.4 Å². The van der Waals surface area contributed by atoms with Crippen LogP contribution in [-0.2, 0) is 4.74 Å². The van der Waals surface area contributed by atoms with Crippen molar-refractivity contribution in [3.8, 4) is 5.75 Å². The van der Waals surface area contributed by atoms with Gasteiger partial charge in [-0.05, 0) is 48.4 Å². The molecular formula is C20H23FN2O3. The Morgan fingerprint density at radius 1 is 1.19 bits per heavy atom. The van der Waals surface area contributed by atoms with Crippen molar-refractivity contribution in [1.82, 2.24) is 4.90 Å². The number of primary amides is 1.